The predicted octanol–water partition coefficient (Wildman–Crippen LogP) is 2.06. The molecule has 1 fully saturated rings. The number of rotatable bonds is 4. The molecule has 5 nitrogen and oxygen atoms in total. The Hall–Kier alpha value is -1.66. The predicted molar refractivity (Wildman–Crippen MR) is 73.3 cm³/mol. The zero-order valence-electron chi connectivity index (χ0n) is 11.6. The van der Waals surface area contributed by atoms with Crippen molar-refractivity contribution in [2.45, 2.75) is 26.0 Å². The van der Waals surface area contributed by atoms with Crippen molar-refractivity contribution >= 4 is 11.7 Å². The lowest BCUT2D eigenvalue weighted by Crippen LogP contribution is -2.45. The third-order valence-electron chi connectivity index (χ3n) is 3.10. The van der Waals surface area contributed by atoms with Crippen LogP contribution in [0, 0.1) is 12.7 Å². The summed E-state index contributed by atoms with van der Waals surface area (Å²) >= 11 is 0. The van der Waals surface area contributed by atoms with Gasteiger partial charge in [0.15, 0.2) is 0 Å². The monoisotopic (exact) mass is 282 g/mol. The van der Waals surface area contributed by atoms with E-state index < -0.39 is 11.8 Å². The van der Waals surface area contributed by atoms with Gasteiger partial charge in [-0.05, 0) is 31.5 Å². The van der Waals surface area contributed by atoms with Gasteiger partial charge in [0.05, 0.1) is 24.9 Å². The number of halogens is 1. The van der Waals surface area contributed by atoms with Gasteiger partial charge in [-0.2, -0.15) is 0 Å². The van der Waals surface area contributed by atoms with E-state index >= 15 is 0 Å². The molecule has 1 aromatic carbocycles. The molecule has 0 radical (unpaired) electrons. The number of hydrogen-bond acceptors (Lipinski definition) is 3. The number of carbonyl (C=O) groups excluding carboxylic acids is 1. The van der Waals surface area contributed by atoms with Gasteiger partial charge < -0.3 is 20.1 Å². The average Bonchev–Trinajstić information content (AvgIpc) is 2.81. The van der Waals surface area contributed by atoms with Crippen LogP contribution in [0.15, 0.2) is 18.2 Å². The Morgan fingerprint density at radius 3 is 3.00 bits per heavy atom. The Balaban J connectivity index is 1.92. The van der Waals surface area contributed by atoms with Gasteiger partial charge in [-0.15, -0.1) is 0 Å². The Morgan fingerprint density at radius 2 is 2.30 bits per heavy atom. The molecule has 2 atom stereocenters. The van der Waals surface area contributed by atoms with E-state index in [4.69, 9.17) is 9.47 Å². The second-order valence-electron chi connectivity index (χ2n) is 4.72. The molecule has 1 aliphatic rings. The zero-order valence-corrected chi connectivity index (χ0v) is 11.6. The molecule has 1 aliphatic heterocycles. The summed E-state index contributed by atoms with van der Waals surface area (Å²) < 4.78 is 24.4. The molecule has 20 heavy (non-hydrogen) atoms. The summed E-state index contributed by atoms with van der Waals surface area (Å²) in [6.45, 7) is 5.08. The van der Waals surface area contributed by atoms with Crippen LogP contribution in [-0.4, -0.2) is 38.0 Å². The van der Waals surface area contributed by atoms with E-state index in [9.17, 15) is 9.18 Å². The number of benzene rings is 1. The van der Waals surface area contributed by atoms with Crippen LogP contribution in [0.2, 0.25) is 0 Å². The first-order valence-electron chi connectivity index (χ1n) is 6.63. The van der Waals surface area contributed by atoms with Gasteiger partial charge in [0.1, 0.15) is 11.9 Å². The molecule has 6 heteroatoms. The fourth-order valence-corrected chi connectivity index (χ4v) is 2.10. The molecule has 0 aliphatic carbocycles. The molecule has 1 saturated heterocycles. The zero-order chi connectivity index (χ0) is 14.5. The van der Waals surface area contributed by atoms with Gasteiger partial charge in [0.2, 0.25) is 0 Å². The third kappa shape index (κ3) is 3.68. The lowest BCUT2D eigenvalue weighted by atomic mass is 10.2. The highest BCUT2D eigenvalue weighted by molar-refractivity contribution is 5.89. The number of urea groups is 1. The summed E-state index contributed by atoms with van der Waals surface area (Å²) in [6.07, 6.45) is -0.159. The lowest BCUT2D eigenvalue weighted by Gasteiger charge is -2.19. The van der Waals surface area contributed by atoms with Crippen molar-refractivity contribution in [3.8, 4) is 0 Å². The summed E-state index contributed by atoms with van der Waals surface area (Å²) in [7, 11) is 0. The quantitative estimate of drug-likeness (QED) is 0.888. The van der Waals surface area contributed by atoms with E-state index in [1.54, 1.807) is 13.0 Å². The smallest absolute Gasteiger partial charge is 0.319 e. The van der Waals surface area contributed by atoms with Crippen LogP contribution < -0.4 is 10.6 Å². The Labute approximate surface area is 117 Å². The van der Waals surface area contributed by atoms with Crippen LogP contribution >= 0.6 is 0 Å². The largest absolute Gasteiger partial charge is 0.376 e. The molecule has 2 amide bonds. The molecule has 0 unspecified atom stereocenters. The Morgan fingerprint density at radius 1 is 1.50 bits per heavy atom. The summed E-state index contributed by atoms with van der Waals surface area (Å²) in [4.78, 5) is 11.9. The van der Waals surface area contributed by atoms with Crippen LogP contribution in [0.4, 0.5) is 14.9 Å². The number of hydrogen-bond donors (Lipinski definition) is 2. The van der Waals surface area contributed by atoms with E-state index in [-0.39, 0.29) is 17.8 Å². The summed E-state index contributed by atoms with van der Waals surface area (Å²) in [5.41, 5.74) is 0.953. The Bertz CT molecular complexity index is 481. The van der Waals surface area contributed by atoms with Crippen molar-refractivity contribution in [1.82, 2.24) is 5.32 Å². The van der Waals surface area contributed by atoms with Crippen LogP contribution in [0.3, 0.4) is 0 Å². The van der Waals surface area contributed by atoms with E-state index in [0.29, 0.717) is 19.8 Å². The van der Waals surface area contributed by atoms with Crippen LogP contribution in [0.25, 0.3) is 0 Å². The summed E-state index contributed by atoms with van der Waals surface area (Å²) in [5.74, 6) is -0.454. The van der Waals surface area contributed by atoms with Crippen LogP contribution in [-0.2, 0) is 9.47 Å². The highest BCUT2D eigenvalue weighted by Gasteiger charge is 2.30. The van der Waals surface area contributed by atoms with Crippen LogP contribution in [0.5, 0.6) is 0 Å². The van der Waals surface area contributed by atoms with Gasteiger partial charge in [0, 0.05) is 6.61 Å². The van der Waals surface area contributed by atoms with Gasteiger partial charge in [0.25, 0.3) is 0 Å². The second kappa shape index (κ2) is 6.67. The number of nitrogens with one attached hydrogen (secondary N) is 2. The van der Waals surface area contributed by atoms with Crippen molar-refractivity contribution in [3.63, 3.8) is 0 Å². The minimum Gasteiger partial charge on any atom is -0.376 e. The van der Waals surface area contributed by atoms with Crippen molar-refractivity contribution in [2.75, 3.05) is 25.1 Å². The topological polar surface area (TPSA) is 59.6 Å². The first-order chi connectivity index (χ1) is 9.60. The van der Waals surface area contributed by atoms with E-state index in [1.165, 1.54) is 12.1 Å². The molecule has 0 saturated carbocycles. The molecule has 110 valence electrons. The Kier molecular flexibility index (Phi) is 4.92. The summed E-state index contributed by atoms with van der Waals surface area (Å²) in [5, 5.41) is 5.23. The molecular formula is C14H19FN2O3. The molecule has 0 bridgehead atoms. The number of carbonyl (C=O) groups is 1. The fraction of sp³-hybridized carbons (Fsp3) is 0.500. The lowest BCUT2D eigenvalue weighted by molar-refractivity contribution is 0.0428. The first-order valence-corrected chi connectivity index (χ1v) is 6.63. The third-order valence-corrected chi connectivity index (χ3v) is 3.10. The maximum Gasteiger partial charge on any atom is 0.319 e. The molecule has 0 spiro atoms. The highest BCUT2D eigenvalue weighted by atomic mass is 19.1. The average molecular weight is 282 g/mol. The van der Waals surface area contributed by atoms with Crippen LogP contribution in [0.1, 0.15) is 12.5 Å². The van der Waals surface area contributed by atoms with Gasteiger partial charge in [-0.25, -0.2) is 9.18 Å². The SMILES string of the molecule is CCO[C@@H]1COC[C@H]1NC(=O)Nc1ccc(C)cc1F. The first kappa shape index (κ1) is 14.7. The maximum atomic E-state index is 13.6. The van der Waals surface area contributed by atoms with Crippen molar-refractivity contribution < 1.29 is 18.7 Å². The van der Waals surface area contributed by atoms with Crippen molar-refractivity contribution in [2.24, 2.45) is 0 Å². The van der Waals surface area contributed by atoms with Gasteiger partial charge in [-0.3, -0.25) is 0 Å². The molecule has 2 N–H and O–H groups in total. The molecule has 2 rings (SSSR count). The van der Waals surface area contributed by atoms with Crippen molar-refractivity contribution in [1.29, 1.82) is 0 Å². The molecule has 1 aromatic rings. The number of anilines is 1. The number of amides is 2. The van der Waals surface area contributed by atoms with E-state index in [2.05, 4.69) is 10.6 Å². The summed E-state index contributed by atoms with van der Waals surface area (Å²) in [6, 6.07) is 3.96. The minimum absolute atomic E-state index is 0.153. The normalized spacial score (nSPS) is 21.8. The number of ether oxygens (including phenoxy) is 2. The molecule has 0 aromatic heterocycles. The molecular weight excluding hydrogens is 263 g/mol. The van der Waals surface area contributed by atoms with Gasteiger partial charge >= 0.3 is 6.03 Å². The standard InChI is InChI=1S/C14H19FN2O3/c1-3-20-13-8-19-7-12(13)17-14(18)16-11-5-4-9(2)6-10(11)15/h4-6,12-13H,3,7-8H2,1-2H3,(H2,16,17,18)/t12-,13-/m1/s1. The van der Waals surface area contributed by atoms with Crippen molar-refractivity contribution in [3.05, 3.63) is 29.6 Å². The van der Waals surface area contributed by atoms with E-state index in [1.807, 2.05) is 6.92 Å². The fourth-order valence-electron chi connectivity index (χ4n) is 2.10. The number of aryl methyl sites for hydroxylation is 1. The van der Waals surface area contributed by atoms with E-state index in [0.717, 1.165) is 5.56 Å². The van der Waals surface area contributed by atoms with Gasteiger partial charge in [-0.1, -0.05) is 6.07 Å². The highest BCUT2D eigenvalue weighted by Crippen LogP contribution is 2.15. The second-order valence-corrected chi connectivity index (χ2v) is 4.72. The maximum absolute atomic E-state index is 13.6. The molecule has 1 heterocycles. The minimum atomic E-state index is -0.465.